The van der Waals surface area contributed by atoms with Gasteiger partial charge in [-0.05, 0) is 55.5 Å². The number of anilines is 1. The lowest BCUT2D eigenvalue weighted by atomic mass is 9.85. The van der Waals surface area contributed by atoms with Crippen molar-refractivity contribution in [3.05, 3.63) is 29.8 Å². The van der Waals surface area contributed by atoms with Crippen LogP contribution in [0.1, 0.15) is 38.7 Å². The Labute approximate surface area is 138 Å². The maximum Gasteiger partial charge on any atom is 0.221 e. The normalized spacial score (nSPS) is 19.0. The molecule has 2 unspecified atom stereocenters. The fraction of sp³-hybridized carbons (Fsp3) is 0.556. The number of benzene rings is 1. The minimum absolute atomic E-state index is 0.0859. The van der Waals surface area contributed by atoms with E-state index >= 15 is 0 Å². The smallest absolute Gasteiger partial charge is 0.221 e. The second kappa shape index (κ2) is 8.67. The molecule has 0 aromatic heterocycles. The van der Waals surface area contributed by atoms with Crippen LogP contribution in [0.4, 0.5) is 5.69 Å². The third-order valence-corrected chi connectivity index (χ3v) is 4.41. The summed E-state index contributed by atoms with van der Waals surface area (Å²) in [5.41, 5.74) is 1.80. The highest BCUT2D eigenvalue weighted by molar-refractivity contribution is 5.88. The first-order valence-electron chi connectivity index (χ1n) is 8.38. The molecule has 1 aliphatic heterocycles. The van der Waals surface area contributed by atoms with E-state index in [9.17, 15) is 9.59 Å². The van der Waals surface area contributed by atoms with Crippen molar-refractivity contribution in [1.82, 2.24) is 10.6 Å². The molecule has 3 N–H and O–H groups in total. The van der Waals surface area contributed by atoms with E-state index < -0.39 is 0 Å². The molecule has 1 aromatic carbocycles. The van der Waals surface area contributed by atoms with Crippen LogP contribution in [0.25, 0.3) is 0 Å². The topological polar surface area (TPSA) is 70.2 Å². The third-order valence-electron chi connectivity index (χ3n) is 4.41. The summed E-state index contributed by atoms with van der Waals surface area (Å²) >= 11 is 0. The van der Waals surface area contributed by atoms with Gasteiger partial charge in [0.25, 0.3) is 0 Å². The van der Waals surface area contributed by atoms with Crippen LogP contribution in [-0.4, -0.2) is 24.9 Å². The van der Waals surface area contributed by atoms with Gasteiger partial charge in [0.1, 0.15) is 0 Å². The van der Waals surface area contributed by atoms with Crippen LogP contribution < -0.4 is 16.0 Å². The highest BCUT2D eigenvalue weighted by Crippen LogP contribution is 2.22. The molecule has 23 heavy (non-hydrogen) atoms. The molecule has 2 atom stereocenters. The summed E-state index contributed by atoms with van der Waals surface area (Å²) in [5, 5.41) is 9.11. The molecular weight excluding hydrogens is 290 g/mol. The van der Waals surface area contributed by atoms with E-state index in [1.54, 1.807) is 0 Å². The molecule has 2 amide bonds. The van der Waals surface area contributed by atoms with Gasteiger partial charge in [-0.25, -0.2) is 0 Å². The van der Waals surface area contributed by atoms with Gasteiger partial charge in [-0.3, -0.25) is 9.59 Å². The van der Waals surface area contributed by atoms with E-state index in [0.29, 0.717) is 24.8 Å². The van der Waals surface area contributed by atoms with E-state index in [0.717, 1.165) is 24.3 Å². The average molecular weight is 317 g/mol. The minimum atomic E-state index is -0.0859. The molecular formula is C18H27N3O2. The molecule has 2 rings (SSSR count). The number of rotatable bonds is 6. The van der Waals surface area contributed by atoms with Crippen molar-refractivity contribution in [2.45, 2.75) is 39.7 Å². The second-order valence-corrected chi connectivity index (χ2v) is 6.44. The van der Waals surface area contributed by atoms with Crippen molar-refractivity contribution in [2.75, 3.05) is 18.4 Å². The van der Waals surface area contributed by atoms with Gasteiger partial charge in [-0.1, -0.05) is 19.1 Å². The number of amides is 2. The maximum atomic E-state index is 12.1. The Morgan fingerprint density at radius 1 is 1.30 bits per heavy atom. The molecule has 1 fully saturated rings. The van der Waals surface area contributed by atoms with Crippen LogP contribution in [-0.2, 0) is 16.1 Å². The average Bonchev–Trinajstić information content (AvgIpc) is 2.54. The monoisotopic (exact) mass is 317 g/mol. The molecule has 0 spiro atoms. The lowest BCUT2D eigenvalue weighted by Gasteiger charge is -2.28. The number of carbonyl (C=O) groups is 2. The van der Waals surface area contributed by atoms with Crippen molar-refractivity contribution in [2.24, 2.45) is 11.8 Å². The van der Waals surface area contributed by atoms with Gasteiger partial charge < -0.3 is 16.0 Å². The van der Waals surface area contributed by atoms with Gasteiger partial charge in [-0.15, -0.1) is 0 Å². The van der Waals surface area contributed by atoms with Gasteiger partial charge in [0.2, 0.25) is 11.8 Å². The summed E-state index contributed by atoms with van der Waals surface area (Å²) in [4.78, 5) is 23.1. The number of nitrogens with one attached hydrogen (secondary N) is 3. The van der Waals surface area contributed by atoms with Crippen molar-refractivity contribution < 1.29 is 9.59 Å². The lowest BCUT2D eigenvalue weighted by Crippen LogP contribution is -2.35. The van der Waals surface area contributed by atoms with Crippen molar-refractivity contribution in [3.63, 3.8) is 0 Å². The molecule has 1 heterocycles. The van der Waals surface area contributed by atoms with Crippen LogP contribution in [0.15, 0.2) is 24.3 Å². The van der Waals surface area contributed by atoms with Gasteiger partial charge in [0.15, 0.2) is 0 Å². The Kier molecular flexibility index (Phi) is 6.59. The largest absolute Gasteiger partial charge is 0.352 e. The van der Waals surface area contributed by atoms with E-state index in [2.05, 4.69) is 22.9 Å². The van der Waals surface area contributed by atoms with Crippen molar-refractivity contribution in [3.8, 4) is 0 Å². The molecule has 0 saturated carbocycles. The molecule has 126 valence electrons. The molecule has 0 radical (unpaired) electrons. The summed E-state index contributed by atoms with van der Waals surface area (Å²) in [6, 6.07) is 7.53. The number of hydrogen-bond donors (Lipinski definition) is 3. The van der Waals surface area contributed by atoms with Crippen molar-refractivity contribution >= 4 is 17.5 Å². The Bertz CT molecular complexity index is 522. The highest BCUT2D eigenvalue weighted by Gasteiger charge is 2.21. The van der Waals surface area contributed by atoms with E-state index in [1.807, 2.05) is 24.3 Å². The Morgan fingerprint density at radius 3 is 2.65 bits per heavy atom. The standard InChI is InChI=1S/C18H27N3O2/c1-13(16-4-3-9-19-12-16)10-18(23)20-11-15-5-7-17(8-6-15)21-14(2)22/h5-8,13,16,19H,3-4,9-12H2,1-2H3,(H,20,23)(H,21,22). The Morgan fingerprint density at radius 2 is 2.04 bits per heavy atom. The van der Waals surface area contributed by atoms with E-state index in [1.165, 1.54) is 19.8 Å². The number of carbonyl (C=O) groups excluding carboxylic acids is 2. The minimum Gasteiger partial charge on any atom is -0.352 e. The predicted molar refractivity (Wildman–Crippen MR) is 92.0 cm³/mol. The van der Waals surface area contributed by atoms with Crippen LogP contribution in [0.3, 0.4) is 0 Å². The van der Waals surface area contributed by atoms with Crippen LogP contribution >= 0.6 is 0 Å². The van der Waals surface area contributed by atoms with Gasteiger partial charge in [0.05, 0.1) is 0 Å². The Balaban J connectivity index is 1.74. The predicted octanol–water partition coefficient (Wildman–Crippen LogP) is 2.29. The van der Waals surface area contributed by atoms with E-state index in [-0.39, 0.29) is 11.8 Å². The zero-order valence-electron chi connectivity index (χ0n) is 14.0. The fourth-order valence-corrected chi connectivity index (χ4v) is 3.01. The van der Waals surface area contributed by atoms with Crippen LogP contribution in [0, 0.1) is 11.8 Å². The van der Waals surface area contributed by atoms with Gasteiger partial charge >= 0.3 is 0 Å². The first-order chi connectivity index (χ1) is 11.0. The quantitative estimate of drug-likeness (QED) is 0.754. The Hall–Kier alpha value is -1.88. The zero-order chi connectivity index (χ0) is 16.7. The summed E-state index contributed by atoms with van der Waals surface area (Å²) < 4.78 is 0. The van der Waals surface area contributed by atoms with Gasteiger partial charge in [-0.2, -0.15) is 0 Å². The summed E-state index contributed by atoms with van der Waals surface area (Å²) in [5.74, 6) is 1.03. The SMILES string of the molecule is CC(=O)Nc1ccc(CNC(=O)CC(C)C2CCCNC2)cc1. The summed E-state index contributed by atoms with van der Waals surface area (Å²) in [6.45, 7) is 6.30. The summed E-state index contributed by atoms with van der Waals surface area (Å²) in [7, 11) is 0. The summed E-state index contributed by atoms with van der Waals surface area (Å²) in [6.07, 6.45) is 3.00. The van der Waals surface area contributed by atoms with E-state index in [4.69, 9.17) is 0 Å². The third kappa shape index (κ3) is 6.02. The molecule has 1 saturated heterocycles. The molecule has 1 aromatic rings. The molecule has 1 aliphatic rings. The molecule has 5 heteroatoms. The first kappa shape index (κ1) is 17.5. The lowest BCUT2D eigenvalue weighted by molar-refractivity contribution is -0.122. The second-order valence-electron chi connectivity index (χ2n) is 6.44. The number of hydrogen-bond acceptors (Lipinski definition) is 3. The number of piperidine rings is 1. The maximum absolute atomic E-state index is 12.1. The van der Waals surface area contributed by atoms with Crippen LogP contribution in [0.5, 0.6) is 0 Å². The van der Waals surface area contributed by atoms with Crippen LogP contribution in [0.2, 0.25) is 0 Å². The zero-order valence-corrected chi connectivity index (χ0v) is 14.0. The highest BCUT2D eigenvalue weighted by atomic mass is 16.2. The first-order valence-corrected chi connectivity index (χ1v) is 8.38. The fourth-order valence-electron chi connectivity index (χ4n) is 3.01. The van der Waals surface area contributed by atoms with Crippen molar-refractivity contribution in [1.29, 1.82) is 0 Å². The van der Waals surface area contributed by atoms with Gasteiger partial charge in [0, 0.05) is 25.6 Å². The molecule has 0 bridgehead atoms. The molecule has 0 aliphatic carbocycles. The molecule has 5 nitrogen and oxygen atoms in total.